The molecule has 2 aromatic rings. The highest BCUT2D eigenvalue weighted by Crippen LogP contribution is 2.29. The lowest BCUT2D eigenvalue weighted by atomic mass is 10.1. The molecular weight excluding hydrogens is 224 g/mol. The zero-order valence-corrected chi connectivity index (χ0v) is 9.24. The molecule has 0 N–H and O–H groups in total. The summed E-state index contributed by atoms with van der Waals surface area (Å²) in [5.74, 6) is 0.976. The van der Waals surface area contributed by atoms with Crippen LogP contribution in [0.1, 0.15) is 5.56 Å². The van der Waals surface area contributed by atoms with E-state index in [1.165, 1.54) is 11.9 Å². The zero-order chi connectivity index (χ0) is 11.0. The van der Waals surface area contributed by atoms with Gasteiger partial charge in [0.25, 0.3) is 0 Å². The van der Waals surface area contributed by atoms with Gasteiger partial charge in [-0.15, -0.1) is 0 Å². The van der Waals surface area contributed by atoms with E-state index < -0.39 is 0 Å². The van der Waals surface area contributed by atoms with E-state index in [0.717, 1.165) is 30.0 Å². The van der Waals surface area contributed by atoms with Crippen molar-refractivity contribution in [3.63, 3.8) is 0 Å². The molecule has 1 aromatic carbocycles. The summed E-state index contributed by atoms with van der Waals surface area (Å²) in [6.45, 7) is 0.767. The largest absolute Gasteiger partial charge is 0.493 e. The molecule has 0 atom stereocenters. The van der Waals surface area contributed by atoms with Crippen molar-refractivity contribution in [3.05, 3.63) is 41.3 Å². The van der Waals surface area contributed by atoms with Crippen LogP contribution >= 0.6 is 11.6 Å². The second-order valence-corrected chi connectivity index (χ2v) is 4.03. The van der Waals surface area contributed by atoms with Crippen molar-refractivity contribution in [3.8, 4) is 17.0 Å². The van der Waals surface area contributed by atoms with E-state index in [4.69, 9.17) is 16.3 Å². The van der Waals surface area contributed by atoms with E-state index in [2.05, 4.69) is 16.0 Å². The number of ether oxygens (including phenoxy) is 1. The quantitative estimate of drug-likeness (QED) is 0.710. The summed E-state index contributed by atoms with van der Waals surface area (Å²) >= 11 is 5.84. The van der Waals surface area contributed by atoms with Crippen LogP contribution in [0.15, 0.2) is 30.6 Å². The van der Waals surface area contributed by atoms with Gasteiger partial charge in [-0.25, -0.2) is 9.97 Å². The van der Waals surface area contributed by atoms with Gasteiger partial charge in [0.05, 0.1) is 12.3 Å². The predicted molar refractivity (Wildman–Crippen MR) is 61.7 cm³/mol. The monoisotopic (exact) mass is 232 g/mol. The molecule has 0 bridgehead atoms. The summed E-state index contributed by atoms with van der Waals surface area (Å²) in [5, 5.41) is 0.460. The van der Waals surface area contributed by atoms with Gasteiger partial charge in [0.2, 0.25) is 0 Å². The first-order valence-corrected chi connectivity index (χ1v) is 5.44. The number of benzene rings is 1. The molecule has 0 fully saturated rings. The molecule has 4 heteroatoms. The Kier molecular flexibility index (Phi) is 2.26. The van der Waals surface area contributed by atoms with Gasteiger partial charge in [0, 0.05) is 18.1 Å². The molecule has 0 saturated heterocycles. The molecule has 0 unspecified atom stereocenters. The van der Waals surface area contributed by atoms with Crippen LogP contribution < -0.4 is 4.74 Å². The fourth-order valence-electron chi connectivity index (χ4n) is 1.84. The molecular formula is C12H9ClN2O. The van der Waals surface area contributed by atoms with E-state index in [0.29, 0.717) is 5.15 Å². The number of halogens is 1. The van der Waals surface area contributed by atoms with Crippen LogP contribution in [0.2, 0.25) is 5.15 Å². The van der Waals surface area contributed by atoms with Crippen molar-refractivity contribution in [2.45, 2.75) is 6.42 Å². The maximum atomic E-state index is 5.84. The zero-order valence-electron chi connectivity index (χ0n) is 8.48. The van der Waals surface area contributed by atoms with Gasteiger partial charge in [0.15, 0.2) is 0 Å². The van der Waals surface area contributed by atoms with Crippen molar-refractivity contribution in [1.29, 1.82) is 0 Å². The van der Waals surface area contributed by atoms with E-state index in [9.17, 15) is 0 Å². The van der Waals surface area contributed by atoms with Crippen molar-refractivity contribution < 1.29 is 4.74 Å². The van der Waals surface area contributed by atoms with Gasteiger partial charge in [0.1, 0.15) is 17.2 Å². The average molecular weight is 233 g/mol. The SMILES string of the molecule is Clc1cc(-c2ccc3c(c2)CCO3)ncn1. The Labute approximate surface area is 98.1 Å². The Morgan fingerprint density at radius 1 is 1.19 bits per heavy atom. The third-order valence-electron chi connectivity index (χ3n) is 2.62. The normalized spacial score (nSPS) is 13.3. The summed E-state index contributed by atoms with van der Waals surface area (Å²) in [5.41, 5.74) is 3.12. The molecule has 16 heavy (non-hydrogen) atoms. The fraction of sp³-hybridized carbons (Fsp3) is 0.167. The Morgan fingerprint density at radius 2 is 2.12 bits per heavy atom. The Balaban J connectivity index is 2.07. The standard InChI is InChI=1S/C12H9ClN2O/c13-12-6-10(14-7-15-12)8-1-2-11-9(5-8)3-4-16-11/h1-2,5-7H,3-4H2. The molecule has 0 spiro atoms. The third-order valence-corrected chi connectivity index (χ3v) is 2.83. The first kappa shape index (κ1) is 9.60. The number of rotatable bonds is 1. The number of fused-ring (bicyclic) bond motifs is 1. The van der Waals surface area contributed by atoms with Crippen LogP contribution in [-0.2, 0) is 6.42 Å². The molecule has 2 heterocycles. The first-order valence-electron chi connectivity index (χ1n) is 5.06. The second kappa shape index (κ2) is 3.76. The van der Waals surface area contributed by atoms with Gasteiger partial charge in [-0.2, -0.15) is 0 Å². The average Bonchev–Trinajstić information content (AvgIpc) is 2.75. The van der Waals surface area contributed by atoms with Crippen LogP contribution in [0, 0.1) is 0 Å². The van der Waals surface area contributed by atoms with Crippen molar-refractivity contribution in [2.24, 2.45) is 0 Å². The van der Waals surface area contributed by atoms with E-state index >= 15 is 0 Å². The Hall–Kier alpha value is -1.61. The number of nitrogens with zero attached hydrogens (tertiary/aromatic N) is 2. The highest BCUT2D eigenvalue weighted by atomic mass is 35.5. The minimum atomic E-state index is 0.460. The number of hydrogen-bond acceptors (Lipinski definition) is 3. The molecule has 1 aliphatic rings. The summed E-state index contributed by atoms with van der Waals surface area (Å²) in [4.78, 5) is 8.07. The van der Waals surface area contributed by atoms with Crippen LogP contribution in [-0.4, -0.2) is 16.6 Å². The van der Waals surface area contributed by atoms with Crippen LogP contribution in [0.5, 0.6) is 5.75 Å². The summed E-state index contributed by atoms with van der Waals surface area (Å²) in [7, 11) is 0. The summed E-state index contributed by atoms with van der Waals surface area (Å²) in [6.07, 6.45) is 2.43. The molecule has 80 valence electrons. The van der Waals surface area contributed by atoms with Gasteiger partial charge >= 0.3 is 0 Å². The molecule has 0 saturated carbocycles. The molecule has 0 radical (unpaired) electrons. The molecule has 3 nitrogen and oxygen atoms in total. The predicted octanol–water partition coefficient (Wildman–Crippen LogP) is 2.73. The lowest BCUT2D eigenvalue weighted by Gasteiger charge is -2.03. The van der Waals surface area contributed by atoms with Crippen LogP contribution in [0.4, 0.5) is 0 Å². The van der Waals surface area contributed by atoms with E-state index in [-0.39, 0.29) is 0 Å². The van der Waals surface area contributed by atoms with E-state index in [1.54, 1.807) is 6.07 Å². The molecule has 1 aromatic heterocycles. The van der Waals surface area contributed by atoms with Crippen molar-refractivity contribution in [1.82, 2.24) is 9.97 Å². The fourth-order valence-corrected chi connectivity index (χ4v) is 1.98. The Bertz CT molecular complexity index is 542. The van der Waals surface area contributed by atoms with Gasteiger partial charge in [-0.05, 0) is 23.8 Å². The van der Waals surface area contributed by atoms with E-state index in [1.807, 2.05) is 12.1 Å². The lowest BCUT2D eigenvalue weighted by Crippen LogP contribution is -1.86. The Morgan fingerprint density at radius 3 is 3.00 bits per heavy atom. The topological polar surface area (TPSA) is 35.0 Å². The first-order chi connectivity index (χ1) is 7.83. The van der Waals surface area contributed by atoms with Gasteiger partial charge in [-0.3, -0.25) is 0 Å². The number of hydrogen-bond donors (Lipinski definition) is 0. The minimum Gasteiger partial charge on any atom is -0.493 e. The van der Waals surface area contributed by atoms with Crippen molar-refractivity contribution in [2.75, 3.05) is 6.61 Å². The summed E-state index contributed by atoms with van der Waals surface area (Å²) in [6, 6.07) is 7.83. The smallest absolute Gasteiger partial charge is 0.133 e. The molecule has 1 aliphatic heterocycles. The maximum Gasteiger partial charge on any atom is 0.133 e. The molecule has 3 rings (SSSR count). The van der Waals surface area contributed by atoms with Crippen LogP contribution in [0.3, 0.4) is 0 Å². The lowest BCUT2D eigenvalue weighted by molar-refractivity contribution is 0.357. The second-order valence-electron chi connectivity index (χ2n) is 3.65. The minimum absolute atomic E-state index is 0.460. The van der Waals surface area contributed by atoms with Crippen molar-refractivity contribution >= 4 is 11.6 Å². The number of aromatic nitrogens is 2. The van der Waals surface area contributed by atoms with Gasteiger partial charge < -0.3 is 4.74 Å². The van der Waals surface area contributed by atoms with Crippen LogP contribution in [0.25, 0.3) is 11.3 Å². The maximum absolute atomic E-state index is 5.84. The van der Waals surface area contributed by atoms with Gasteiger partial charge in [-0.1, -0.05) is 11.6 Å². The summed E-state index contributed by atoms with van der Waals surface area (Å²) < 4.78 is 5.45. The molecule has 0 aliphatic carbocycles. The third kappa shape index (κ3) is 1.63. The molecule has 0 amide bonds. The highest BCUT2D eigenvalue weighted by Gasteiger charge is 2.13. The highest BCUT2D eigenvalue weighted by molar-refractivity contribution is 6.29.